The van der Waals surface area contributed by atoms with Gasteiger partial charge in [0.2, 0.25) is 0 Å². The van der Waals surface area contributed by atoms with Gasteiger partial charge in [-0.2, -0.15) is 0 Å². The molecule has 1 aliphatic heterocycles. The van der Waals surface area contributed by atoms with Crippen molar-refractivity contribution in [2.45, 2.75) is 39.3 Å². The Morgan fingerprint density at radius 3 is 2.87 bits per heavy atom. The zero-order valence-corrected chi connectivity index (χ0v) is 11.1. The summed E-state index contributed by atoms with van der Waals surface area (Å²) in [6.45, 7) is 8.58. The van der Waals surface area contributed by atoms with Crippen molar-refractivity contribution in [1.29, 1.82) is 0 Å². The molecular weight excluding hydrogens is 206 g/mol. The maximum absolute atomic E-state index is 4.57. The van der Waals surface area contributed by atoms with Crippen LogP contribution in [0.1, 0.15) is 27.2 Å². The molecule has 3 nitrogen and oxygen atoms in total. The summed E-state index contributed by atoms with van der Waals surface area (Å²) in [7, 11) is 2.15. The fraction of sp³-hybridized carbons (Fsp3) is 0.909. The van der Waals surface area contributed by atoms with Gasteiger partial charge in [0.15, 0.2) is 5.17 Å². The minimum absolute atomic E-state index is 0.609. The fourth-order valence-electron chi connectivity index (χ4n) is 1.32. The third-order valence-corrected chi connectivity index (χ3v) is 3.92. The first-order valence-electron chi connectivity index (χ1n) is 5.77. The van der Waals surface area contributed by atoms with E-state index in [-0.39, 0.29) is 0 Å². The number of hydrogen-bond acceptors (Lipinski definition) is 3. The average Bonchev–Trinajstić information content (AvgIpc) is 2.65. The molecule has 0 bridgehead atoms. The van der Waals surface area contributed by atoms with Crippen LogP contribution >= 0.6 is 11.8 Å². The summed E-state index contributed by atoms with van der Waals surface area (Å²) in [4.78, 5) is 6.89. The van der Waals surface area contributed by atoms with Crippen LogP contribution in [0.5, 0.6) is 0 Å². The van der Waals surface area contributed by atoms with Crippen molar-refractivity contribution in [2.24, 2.45) is 4.99 Å². The first kappa shape index (κ1) is 12.8. The molecule has 1 saturated heterocycles. The van der Waals surface area contributed by atoms with E-state index in [2.05, 4.69) is 43.0 Å². The van der Waals surface area contributed by atoms with Crippen LogP contribution in [0.3, 0.4) is 0 Å². The quantitative estimate of drug-likeness (QED) is 0.779. The SMILES string of the molecule is CCC1CSC(=NCCN(C)C(C)C)N1. The molecule has 4 heteroatoms. The molecule has 0 radical (unpaired) electrons. The summed E-state index contributed by atoms with van der Waals surface area (Å²) in [6.07, 6.45) is 1.19. The largest absolute Gasteiger partial charge is 0.361 e. The van der Waals surface area contributed by atoms with Crippen LogP contribution in [0.25, 0.3) is 0 Å². The van der Waals surface area contributed by atoms with Crippen molar-refractivity contribution in [3.05, 3.63) is 0 Å². The molecule has 1 fully saturated rings. The molecule has 0 saturated carbocycles. The molecule has 1 rings (SSSR count). The fourth-order valence-corrected chi connectivity index (χ4v) is 2.43. The molecule has 1 N–H and O–H groups in total. The van der Waals surface area contributed by atoms with Gasteiger partial charge in [0.1, 0.15) is 0 Å². The Balaban J connectivity index is 2.21. The molecule has 1 aliphatic rings. The minimum Gasteiger partial charge on any atom is -0.361 e. The Labute approximate surface area is 97.7 Å². The van der Waals surface area contributed by atoms with Crippen LogP contribution in [0.15, 0.2) is 4.99 Å². The van der Waals surface area contributed by atoms with E-state index in [1.54, 1.807) is 0 Å². The molecule has 0 spiro atoms. The second-order valence-electron chi connectivity index (χ2n) is 4.32. The van der Waals surface area contributed by atoms with Gasteiger partial charge in [-0.25, -0.2) is 0 Å². The minimum atomic E-state index is 0.609. The lowest BCUT2D eigenvalue weighted by Gasteiger charge is -2.19. The molecule has 88 valence electrons. The summed E-state index contributed by atoms with van der Waals surface area (Å²) in [6, 6.07) is 1.24. The Morgan fingerprint density at radius 2 is 2.33 bits per heavy atom. The second-order valence-corrected chi connectivity index (χ2v) is 5.33. The first-order valence-corrected chi connectivity index (χ1v) is 6.76. The maximum Gasteiger partial charge on any atom is 0.156 e. The van der Waals surface area contributed by atoms with Gasteiger partial charge in [-0.1, -0.05) is 18.7 Å². The van der Waals surface area contributed by atoms with Crippen LogP contribution in [0.4, 0.5) is 0 Å². The van der Waals surface area contributed by atoms with E-state index in [9.17, 15) is 0 Å². The van der Waals surface area contributed by atoms with E-state index in [4.69, 9.17) is 0 Å². The van der Waals surface area contributed by atoms with Gasteiger partial charge in [0, 0.05) is 24.4 Å². The van der Waals surface area contributed by atoms with Crippen LogP contribution in [-0.4, -0.2) is 48.0 Å². The molecule has 1 atom stereocenters. The molecule has 0 aromatic heterocycles. The Bertz CT molecular complexity index is 216. The molecule has 0 aromatic carbocycles. The standard InChI is InChI=1S/C11H23N3S/c1-5-10-8-15-11(13-10)12-6-7-14(4)9(2)3/h9-10H,5-8H2,1-4H3,(H,12,13). The number of amidine groups is 1. The zero-order valence-electron chi connectivity index (χ0n) is 10.3. The zero-order chi connectivity index (χ0) is 11.3. The summed E-state index contributed by atoms with van der Waals surface area (Å²) in [5.41, 5.74) is 0. The van der Waals surface area contributed by atoms with E-state index in [1.807, 2.05) is 11.8 Å². The summed E-state index contributed by atoms with van der Waals surface area (Å²) in [5, 5.41) is 4.58. The first-order chi connectivity index (χ1) is 7.13. The predicted octanol–water partition coefficient (Wildman–Crippen LogP) is 1.80. The van der Waals surface area contributed by atoms with Crippen molar-refractivity contribution in [3.63, 3.8) is 0 Å². The average molecular weight is 229 g/mol. The van der Waals surface area contributed by atoms with E-state index in [0.29, 0.717) is 12.1 Å². The Kier molecular flexibility index (Phi) is 5.47. The summed E-state index contributed by atoms with van der Waals surface area (Å²) < 4.78 is 0. The molecule has 15 heavy (non-hydrogen) atoms. The van der Waals surface area contributed by atoms with Crippen molar-refractivity contribution < 1.29 is 0 Å². The normalized spacial score (nSPS) is 24.1. The van der Waals surface area contributed by atoms with Gasteiger partial charge in [-0.3, -0.25) is 4.99 Å². The highest BCUT2D eigenvalue weighted by Gasteiger charge is 2.17. The van der Waals surface area contributed by atoms with Crippen molar-refractivity contribution >= 4 is 16.9 Å². The smallest absolute Gasteiger partial charge is 0.156 e. The Morgan fingerprint density at radius 1 is 1.60 bits per heavy atom. The number of likely N-dealkylation sites (N-methyl/N-ethyl adjacent to an activating group) is 1. The topological polar surface area (TPSA) is 27.6 Å². The van der Waals surface area contributed by atoms with Gasteiger partial charge in [0.25, 0.3) is 0 Å². The number of thioether (sulfide) groups is 1. The second kappa shape index (κ2) is 6.38. The van der Waals surface area contributed by atoms with Crippen LogP contribution in [-0.2, 0) is 0 Å². The third kappa shape index (κ3) is 4.43. The number of rotatable bonds is 5. The van der Waals surface area contributed by atoms with Crippen molar-refractivity contribution in [2.75, 3.05) is 25.9 Å². The van der Waals surface area contributed by atoms with E-state index >= 15 is 0 Å². The maximum atomic E-state index is 4.57. The van der Waals surface area contributed by atoms with E-state index in [0.717, 1.165) is 18.3 Å². The van der Waals surface area contributed by atoms with Gasteiger partial charge in [-0.05, 0) is 27.3 Å². The molecule has 0 aliphatic carbocycles. The highest BCUT2D eigenvalue weighted by molar-refractivity contribution is 8.14. The van der Waals surface area contributed by atoms with Gasteiger partial charge in [-0.15, -0.1) is 0 Å². The lowest BCUT2D eigenvalue weighted by atomic mass is 10.3. The Hall–Kier alpha value is -0.220. The van der Waals surface area contributed by atoms with Gasteiger partial charge in [0.05, 0.1) is 6.54 Å². The monoisotopic (exact) mass is 229 g/mol. The summed E-state index contributed by atoms with van der Waals surface area (Å²) in [5.74, 6) is 1.18. The number of hydrogen-bond donors (Lipinski definition) is 1. The molecule has 0 amide bonds. The highest BCUT2D eigenvalue weighted by Crippen LogP contribution is 2.15. The van der Waals surface area contributed by atoms with Crippen LogP contribution in [0, 0.1) is 0 Å². The number of nitrogens with zero attached hydrogens (tertiary/aromatic N) is 2. The highest BCUT2D eigenvalue weighted by atomic mass is 32.2. The molecule has 1 unspecified atom stereocenters. The molecule has 1 heterocycles. The van der Waals surface area contributed by atoms with E-state index < -0.39 is 0 Å². The molecular formula is C11H23N3S. The van der Waals surface area contributed by atoms with E-state index in [1.165, 1.54) is 12.2 Å². The van der Waals surface area contributed by atoms with Crippen LogP contribution < -0.4 is 5.32 Å². The number of nitrogens with one attached hydrogen (secondary N) is 1. The van der Waals surface area contributed by atoms with Crippen molar-refractivity contribution in [1.82, 2.24) is 10.2 Å². The lowest BCUT2D eigenvalue weighted by Crippen LogP contribution is -2.30. The van der Waals surface area contributed by atoms with Gasteiger partial charge < -0.3 is 10.2 Å². The lowest BCUT2D eigenvalue weighted by molar-refractivity contribution is 0.282. The van der Waals surface area contributed by atoms with Gasteiger partial charge >= 0.3 is 0 Å². The predicted molar refractivity (Wildman–Crippen MR) is 69.7 cm³/mol. The molecule has 0 aromatic rings. The summed E-state index contributed by atoms with van der Waals surface area (Å²) >= 11 is 1.86. The van der Waals surface area contributed by atoms with Crippen LogP contribution in [0.2, 0.25) is 0 Å². The number of aliphatic imine (C=N–C) groups is 1. The third-order valence-electron chi connectivity index (χ3n) is 2.83. The van der Waals surface area contributed by atoms with Crippen molar-refractivity contribution in [3.8, 4) is 0 Å².